The van der Waals surface area contributed by atoms with Crippen molar-refractivity contribution in [2.24, 2.45) is 5.73 Å². The molecule has 0 bridgehead atoms. The number of carbonyl (C=O) groups is 1. The van der Waals surface area contributed by atoms with Crippen LogP contribution in [0.3, 0.4) is 0 Å². The number of rotatable bonds is 5. The molecule has 2 aromatic carbocycles. The average Bonchev–Trinajstić information content (AvgIpc) is 3.10. The quantitative estimate of drug-likeness (QED) is 0.786. The van der Waals surface area contributed by atoms with Crippen molar-refractivity contribution in [3.05, 3.63) is 45.9 Å². The first-order valence-electron chi connectivity index (χ1n) is 8.14. The molecule has 2 N–H and O–H groups in total. The van der Waals surface area contributed by atoms with Gasteiger partial charge >= 0.3 is 0 Å². The average molecular weight is 380 g/mol. The van der Waals surface area contributed by atoms with Gasteiger partial charge in [-0.05, 0) is 37.8 Å². The lowest BCUT2D eigenvalue weighted by Crippen LogP contribution is -2.16. The number of amides is 1. The van der Waals surface area contributed by atoms with Gasteiger partial charge in [0.05, 0.1) is 28.8 Å². The van der Waals surface area contributed by atoms with E-state index in [1.807, 2.05) is 24.3 Å². The summed E-state index contributed by atoms with van der Waals surface area (Å²) in [6.07, 6.45) is 4.20. The molecular formula is C19H19Cl2NO3. The Hall–Kier alpha value is -1.91. The van der Waals surface area contributed by atoms with Crippen LogP contribution in [0.5, 0.6) is 11.5 Å². The van der Waals surface area contributed by atoms with E-state index in [2.05, 4.69) is 0 Å². The molecule has 0 heterocycles. The van der Waals surface area contributed by atoms with E-state index < -0.39 is 5.91 Å². The molecule has 132 valence electrons. The Morgan fingerprint density at radius 2 is 1.84 bits per heavy atom. The monoisotopic (exact) mass is 379 g/mol. The highest BCUT2D eigenvalue weighted by Gasteiger charge is 2.26. The topological polar surface area (TPSA) is 61.5 Å². The van der Waals surface area contributed by atoms with E-state index in [9.17, 15) is 4.79 Å². The zero-order valence-electron chi connectivity index (χ0n) is 13.9. The summed E-state index contributed by atoms with van der Waals surface area (Å²) in [6.45, 7) is 0. The number of methoxy groups -OCH3 is 1. The molecule has 3 rings (SSSR count). The van der Waals surface area contributed by atoms with E-state index in [1.54, 1.807) is 13.2 Å². The summed E-state index contributed by atoms with van der Waals surface area (Å²) < 4.78 is 11.6. The molecule has 2 aromatic rings. The highest BCUT2D eigenvalue weighted by molar-refractivity contribution is 6.41. The largest absolute Gasteiger partial charge is 0.496 e. The number of hydrogen-bond donors (Lipinski definition) is 1. The fourth-order valence-electron chi connectivity index (χ4n) is 3.18. The lowest BCUT2D eigenvalue weighted by molar-refractivity contribution is 0.0999. The van der Waals surface area contributed by atoms with Crippen LogP contribution < -0.4 is 15.2 Å². The van der Waals surface area contributed by atoms with E-state index in [0.717, 1.165) is 31.2 Å². The number of carbonyl (C=O) groups excluding carboxylic acids is 1. The highest BCUT2D eigenvalue weighted by atomic mass is 35.5. The summed E-state index contributed by atoms with van der Waals surface area (Å²) in [5.74, 6) is 0.409. The van der Waals surface area contributed by atoms with Gasteiger partial charge in [-0.3, -0.25) is 4.79 Å². The van der Waals surface area contributed by atoms with Crippen LogP contribution in [-0.2, 0) is 0 Å². The second kappa shape index (κ2) is 7.54. The standard InChI is InChI=1S/C19H19Cl2NO3/c1-24-15-9-5-4-8-12(15)13-10-14(20)16(19(22)23)17(21)18(13)25-11-6-2-3-7-11/h4-5,8-11H,2-3,6-7H2,1H3,(H2,22,23). The van der Waals surface area contributed by atoms with Gasteiger partial charge in [0.25, 0.3) is 5.91 Å². The van der Waals surface area contributed by atoms with Crippen LogP contribution >= 0.6 is 23.2 Å². The molecule has 0 aliphatic heterocycles. The fourth-order valence-corrected chi connectivity index (χ4v) is 3.87. The summed E-state index contributed by atoms with van der Waals surface area (Å²) in [6, 6.07) is 9.17. The van der Waals surface area contributed by atoms with Gasteiger partial charge < -0.3 is 15.2 Å². The fraction of sp³-hybridized carbons (Fsp3) is 0.316. The van der Waals surface area contributed by atoms with Gasteiger partial charge in [0.15, 0.2) is 0 Å². The van der Waals surface area contributed by atoms with Crippen LogP contribution in [0.4, 0.5) is 0 Å². The Bertz CT molecular complexity index is 801. The number of para-hydroxylation sites is 1. The van der Waals surface area contributed by atoms with Gasteiger partial charge in [0, 0.05) is 11.1 Å². The molecule has 6 heteroatoms. The van der Waals surface area contributed by atoms with E-state index in [0.29, 0.717) is 17.1 Å². The third-order valence-corrected chi connectivity index (χ3v) is 5.06. The first-order valence-corrected chi connectivity index (χ1v) is 8.90. The van der Waals surface area contributed by atoms with Crippen molar-refractivity contribution in [3.63, 3.8) is 0 Å². The van der Waals surface area contributed by atoms with Crippen LogP contribution in [0, 0.1) is 0 Å². The van der Waals surface area contributed by atoms with Crippen LogP contribution in [-0.4, -0.2) is 19.1 Å². The van der Waals surface area contributed by atoms with E-state index in [4.69, 9.17) is 38.4 Å². The molecule has 1 fully saturated rings. The van der Waals surface area contributed by atoms with Crippen molar-refractivity contribution >= 4 is 29.1 Å². The molecule has 1 aliphatic carbocycles. The Labute approximate surface area is 156 Å². The lowest BCUT2D eigenvalue weighted by atomic mass is 10.0. The molecule has 1 saturated carbocycles. The molecule has 25 heavy (non-hydrogen) atoms. The zero-order valence-corrected chi connectivity index (χ0v) is 15.4. The molecule has 0 radical (unpaired) electrons. The normalized spacial score (nSPS) is 14.5. The Morgan fingerprint density at radius 1 is 1.16 bits per heavy atom. The first-order chi connectivity index (χ1) is 12.0. The number of benzene rings is 2. The number of primary amides is 1. The zero-order chi connectivity index (χ0) is 18.0. The predicted octanol–water partition coefficient (Wildman–Crippen LogP) is 5.09. The van der Waals surface area contributed by atoms with Crippen LogP contribution in [0.2, 0.25) is 10.0 Å². The smallest absolute Gasteiger partial charge is 0.251 e. The second-order valence-corrected chi connectivity index (χ2v) is 6.80. The molecule has 0 spiro atoms. The molecule has 1 aliphatic rings. The molecular weight excluding hydrogens is 361 g/mol. The molecule has 4 nitrogen and oxygen atoms in total. The van der Waals surface area contributed by atoms with E-state index in [-0.39, 0.29) is 21.7 Å². The third-order valence-electron chi connectivity index (χ3n) is 4.40. The molecule has 0 aromatic heterocycles. The van der Waals surface area contributed by atoms with Crippen molar-refractivity contribution in [1.82, 2.24) is 0 Å². The van der Waals surface area contributed by atoms with Gasteiger partial charge in [-0.1, -0.05) is 41.4 Å². The molecule has 0 saturated heterocycles. The molecule has 0 unspecified atom stereocenters. The van der Waals surface area contributed by atoms with Crippen molar-refractivity contribution in [3.8, 4) is 22.6 Å². The number of halogens is 2. The minimum Gasteiger partial charge on any atom is -0.496 e. The van der Waals surface area contributed by atoms with Gasteiger partial charge in [-0.25, -0.2) is 0 Å². The maximum atomic E-state index is 11.8. The Balaban J connectivity index is 2.20. The number of hydrogen-bond acceptors (Lipinski definition) is 3. The minimum absolute atomic E-state index is 0.0628. The molecule has 0 atom stereocenters. The van der Waals surface area contributed by atoms with Crippen molar-refractivity contribution < 1.29 is 14.3 Å². The summed E-state index contributed by atoms with van der Waals surface area (Å²) in [5, 5.41) is 0.338. The Morgan fingerprint density at radius 3 is 2.48 bits per heavy atom. The maximum Gasteiger partial charge on any atom is 0.251 e. The Kier molecular flexibility index (Phi) is 5.40. The van der Waals surface area contributed by atoms with Crippen LogP contribution in [0.25, 0.3) is 11.1 Å². The second-order valence-electron chi connectivity index (χ2n) is 6.01. The van der Waals surface area contributed by atoms with Crippen LogP contribution in [0.1, 0.15) is 36.0 Å². The van der Waals surface area contributed by atoms with Crippen molar-refractivity contribution in [1.29, 1.82) is 0 Å². The van der Waals surface area contributed by atoms with Gasteiger partial charge in [0.2, 0.25) is 0 Å². The van der Waals surface area contributed by atoms with Gasteiger partial charge in [0.1, 0.15) is 11.5 Å². The van der Waals surface area contributed by atoms with Crippen molar-refractivity contribution in [2.45, 2.75) is 31.8 Å². The SMILES string of the molecule is COc1ccccc1-c1cc(Cl)c(C(N)=O)c(Cl)c1OC1CCCC1. The summed E-state index contributed by atoms with van der Waals surface area (Å²) in [4.78, 5) is 11.8. The lowest BCUT2D eigenvalue weighted by Gasteiger charge is -2.21. The number of ether oxygens (including phenoxy) is 2. The van der Waals surface area contributed by atoms with Crippen molar-refractivity contribution in [2.75, 3.05) is 7.11 Å². The first kappa shape index (κ1) is 17.9. The molecule has 1 amide bonds. The summed E-state index contributed by atoms with van der Waals surface area (Å²) in [7, 11) is 1.59. The third kappa shape index (κ3) is 3.55. The highest BCUT2D eigenvalue weighted by Crippen LogP contribution is 2.46. The summed E-state index contributed by atoms with van der Waals surface area (Å²) in [5.41, 5.74) is 7.00. The van der Waals surface area contributed by atoms with Gasteiger partial charge in [-0.15, -0.1) is 0 Å². The van der Waals surface area contributed by atoms with E-state index in [1.165, 1.54) is 0 Å². The number of nitrogens with two attached hydrogens (primary N) is 1. The summed E-state index contributed by atoms with van der Waals surface area (Å²) >= 11 is 12.8. The van der Waals surface area contributed by atoms with E-state index >= 15 is 0 Å². The van der Waals surface area contributed by atoms with Gasteiger partial charge in [-0.2, -0.15) is 0 Å². The van der Waals surface area contributed by atoms with Crippen LogP contribution in [0.15, 0.2) is 30.3 Å². The predicted molar refractivity (Wildman–Crippen MR) is 99.9 cm³/mol. The minimum atomic E-state index is -0.683. The maximum absolute atomic E-state index is 11.8.